The molecule has 178 valence electrons. The first kappa shape index (κ1) is 26.3. The third-order valence-electron chi connectivity index (χ3n) is 6.60. The van der Waals surface area contributed by atoms with Gasteiger partial charge >= 0.3 is 0 Å². The molecule has 0 bridgehead atoms. The predicted molar refractivity (Wildman–Crippen MR) is 132 cm³/mol. The molecule has 1 aromatic rings. The molecule has 4 heteroatoms. The number of hydrogen-bond acceptors (Lipinski definition) is 4. The fraction of sp³-hybridized carbons (Fsp3) is 0.778. The van der Waals surface area contributed by atoms with E-state index in [0.29, 0.717) is 12.0 Å². The number of hydrogen-bond donors (Lipinski definition) is 0. The maximum absolute atomic E-state index is 5.84. The first-order valence-electron chi connectivity index (χ1n) is 12.7. The molecular weight excluding hydrogens is 384 g/mol. The van der Waals surface area contributed by atoms with Gasteiger partial charge in [0.2, 0.25) is 0 Å². The van der Waals surface area contributed by atoms with Crippen molar-refractivity contribution in [3.63, 3.8) is 0 Å². The molecule has 2 unspecified atom stereocenters. The number of ether oxygens (including phenoxy) is 2. The highest BCUT2D eigenvalue weighted by atomic mass is 16.5. The Morgan fingerprint density at radius 3 is 2.26 bits per heavy atom. The van der Waals surface area contributed by atoms with Crippen LogP contribution in [0.5, 0.6) is 0 Å². The molecule has 0 saturated carbocycles. The van der Waals surface area contributed by atoms with E-state index in [1.807, 2.05) is 0 Å². The number of nitrogens with zero attached hydrogens (tertiary/aromatic N) is 2. The third kappa shape index (κ3) is 10.5. The van der Waals surface area contributed by atoms with Crippen molar-refractivity contribution >= 4 is 0 Å². The lowest BCUT2D eigenvalue weighted by Crippen LogP contribution is -2.52. The second kappa shape index (κ2) is 15.0. The van der Waals surface area contributed by atoms with Gasteiger partial charge in [-0.2, -0.15) is 0 Å². The van der Waals surface area contributed by atoms with Crippen molar-refractivity contribution in [2.45, 2.75) is 78.8 Å². The van der Waals surface area contributed by atoms with Crippen LogP contribution in [0.2, 0.25) is 0 Å². The largest absolute Gasteiger partial charge is 0.381 e. The zero-order valence-corrected chi connectivity index (χ0v) is 20.9. The Morgan fingerprint density at radius 1 is 0.935 bits per heavy atom. The summed E-state index contributed by atoms with van der Waals surface area (Å²) in [7, 11) is 0. The van der Waals surface area contributed by atoms with E-state index in [9.17, 15) is 0 Å². The summed E-state index contributed by atoms with van der Waals surface area (Å²) in [5.41, 5.74) is 2.89. The highest BCUT2D eigenvalue weighted by molar-refractivity contribution is 5.25. The minimum absolute atomic E-state index is 0.585. The van der Waals surface area contributed by atoms with Gasteiger partial charge < -0.3 is 9.47 Å². The van der Waals surface area contributed by atoms with Crippen molar-refractivity contribution in [2.24, 2.45) is 5.92 Å². The molecule has 0 aromatic heterocycles. The van der Waals surface area contributed by atoms with Crippen molar-refractivity contribution in [2.75, 3.05) is 52.6 Å². The Bertz CT molecular complexity index is 575. The Balaban J connectivity index is 1.54. The van der Waals surface area contributed by atoms with Gasteiger partial charge in [-0.05, 0) is 55.6 Å². The summed E-state index contributed by atoms with van der Waals surface area (Å²) in [5.74, 6) is 1.43. The van der Waals surface area contributed by atoms with E-state index < -0.39 is 0 Å². The molecule has 0 radical (unpaired) electrons. The van der Waals surface area contributed by atoms with Crippen LogP contribution < -0.4 is 0 Å². The van der Waals surface area contributed by atoms with Crippen molar-refractivity contribution < 1.29 is 9.47 Å². The Morgan fingerprint density at radius 2 is 1.61 bits per heavy atom. The van der Waals surface area contributed by atoms with Crippen molar-refractivity contribution in [3.05, 3.63) is 35.4 Å². The standard InChI is InChI=1S/C27H48N2O2/c1-6-24(4)27-12-10-26(11-13-27)22-29-15-14-28(21-25(29)5)16-20-31-19-8-18-30-17-7-9-23(2)3/h10-13,23-25H,6-9,14-22H2,1-5H3. The molecule has 1 saturated heterocycles. The lowest BCUT2D eigenvalue weighted by atomic mass is 9.97. The smallest absolute Gasteiger partial charge is 0.0593 e. The molecule has 2 rings (SSSR count). The highest BCUT2D eigenvalue weighted by Crippen LogP contribution is 2.20. The van der Waals surface area contributed by atoms with E-state index in [4.69, 9.17) is 9.47 Å². The van der Waals surface area contributed by atoms with E-state index >= 15 is 0 Å². The Labute approximate surface area is 192 Å². The Kier molecular flexibility index (Phi) is 12.7. The van der Waals surface area contributed by atoms with Gasteiger partial charge in [0.05, 0.1) is 6.61 Å². The van der Waals surface area contributed by atoms with Gasteiger partial charge in [0.15, 0.2) is 0 Å². The minimum atomic E-state index is 0.585. The van der Waals surface area contributed by atoms with Crippen LogP contribution in [-0.2, 0) is 16.0 Å². The zero-order chi connectivity index (χ0) is 22.5. The van der Waals surface area contributed by atoms with Gasteiger partial charge in [-0.3, -0.25) is 9.80 Å². The molecule has 0 aliphatic carbocycles. The van der Waals surface area contributed by atoms with Crippen LogP contribution in [0.25, 0.3) is 0 Å². The van der Waals surface area contributed by atoms with Gasteiger partial charge in [-0.1, -0.05) is 52.0 Å². The monoisotopic (exact) mass is 432 g/mol. The van der Waals surface area contributed by atoms with Crippen LogP contribution >= 0.6 is 0 Å². The van der Waals surface area contributed by atoms with Gasteiger partial charge in [0.1, 0.15) is 0 Å². The fourth-order valence-corrected chi connectivity index (χ4v) is 4.18. The lowest BCUT2D eigenvalue weighted by molar-refractivity contribution is 0.0396. The predicted octanol–water partition coefficient (Wildman–Crippen LogP) is 5.57. The van der Waals surface area contributed by atoms with E-state index in [-0.39, 0.29) is 0 Å². The molecule has 1 fully saturated rings. The van der Waals surface area contributed by atoms with Gasteiger partial charge in [0.25, 0.3) is 0 Å². The summed E-state index contributed by atoms with van der Waals surface area (Å²) in [6, 6.07) is 9.87. The van der Waals surface area contributed by atoms with Crippen LogP contribution in [0.3, 0.4) is 0 Å². The molecule has 0 amide bonds. The lowest BCUT2D eigenvalue weighted by Gasteiger charge is -2.40. The second-order valence-electron chi connectivity index (χ2n) is 9.79. The highest BCUT2D eigenvalue weighted by Gasteiger charge is 2.23. The quantitative estimate of drug-likeness (QED) is 0.339. The van der Waals surface area contributed by atoms with Crippen molar-refractivity contribution in [3.8, 4) is 0 Å². The summed E-state index contributed by atoms with van der Waals surface area (Å²) in [6.07, 6.45) is 4.63. The molecule has 1 aliphatic heterocycles. The number of piperazine rings is 1. The molecule has 0 N–H and O–H groups in total. The average Bonchev–Trinajstić information content (AvgIpc) is 2.76. The first-order chi connectivity index (χ1) is 15.0. The Hall–Kier alpha value is -0.940. The van der Waals surface area contributed by atoms with E-state index in [1.165, 1.54) is 30.4 Å². The molecule has 4 nitrogen and oxygen atoms in total. The molecule has 1 heterocycles. The van der Waals surface area contributed by atoms with Crippen LogP contribution in [0.4, 0.5) is 0 Å². The maximum atomic E-state index is 5.84. The van der Waals surface area contributed by atoms with Gasteiger partial charge in [-0.25, -0.2) is 0 Å². The molecule has 31 heavy (non-hydrogen) atoms. The SMILES string of the molecule is CCC(C)c1ccc(CN2CCN(CCOCCCOCCCC(C)C)CC2C)cc1. The second-order valence-corrected chi connectivity index (χ2v) is 9.79. The summed E-state index contributed by atoms with van der Waals surface area (Å²) in [5, 5.41) is 0. The van der Waals surface area contributed by atoms with E-state index in [1.54, 1.807) is 0 Å². The summed E-state index contributed by atoms with van der Waals surface area (Å²) in [4.78, 5) is 5.17. The minimum Gasteiger partial charge on any atom is -0.381 e. The zero-order valence-electron chi connectivity index (χ0n) is 20.9. The van der Waals surface area contributed by atoms with Crippen LogP contribution in [0.1, 0.15) is 77.3 Å². The first-order valence-corrected chi connectivity index (χ1v) is 12.7. The van der Waals surface area contributed by atoms with Crippen LogP contribution in [0, 0.1) is 5.92 Å². The number of rotatable bonds is 15. The summed E-state index contributed by atoms with van der Waals surface area (Å²) in [6.45, 7) is 20.3. The molecule has 1 aliphatic rings. The number of benzene rings is 1. The topological polar surface area (TPSA) is 24.9 Å². The van der Waals surface area contributed by atoms with Crippen molar-refractivity contribution in [1.82, 2.24) is 9.80 Å². The maximum Gasteiger partial charge on any atom is 0.0593 e. The normalized spacial score (nSPS) is 19.2. The van der Waals surface area contributed by atoms with Gasteiger partial charge in [-0.15, -0.1) is 0 Å². The van der Waals surface area contributed by atoms with Crippen LogP contribution in [0.15, 0.2) is 24.3 Å². The molecule has 1 aromatic carbocycles. The summed E-state index contributed by atoms with van der Waals surface area (Å²) < 4.78 is 11.5. The van der Waals surface area contributed by atoms with Crippen molar-refractivity contribution in [1.29, 1.82) is 0 Å². The third-order valence-corrected chi connectivity index (χ3v) is 6.60. The summed E-state index contributed by atoms with van der Waals surface area (Å²) >= 11 is 0. The van der Waals surface area contributed by atoms with E-state index in [0.717, 1.165) is 71.5 Å². The molecule has 2 atom stereocenters. The van der Waals surface area contributed by atoms with Gasteiger partial charge in [0, 0.05) is 58.6 Å². The average molecular weight is 433 g/mol. The van der Waals surface area contributed by atoms with Crippen LogP contribution in [-0.4, -0.2) is 68.4 Å². The molecule has 0 spiro atoms. The fourth-order valence-electron chi connectivity index (χ4n) is 4.18. The van der Waals surface area contributed by atoms with E-state index in [2.05, 4.69) is 68.7 Å². The molecular formula is C27H48N2O2.